The third-order valence-corrected chi connectivity index (χ3v) is 3.63. The molecule has 0 aliphatic rings. The van der Waals surface area contributed by atoms with Crippen molar-refractivity contribution < 1.29 is 0 Å². The van der Waals surface area contributed by atoms with Crippen LogP contribution in [0.4, 0.5) is 0 Å². The highest BCUT2D eigenvalue weighted by Gasteiger charge is 2.11. The molecular weight excluding hydrogens is 254 g/mol. The molecule has 0 unspecified atom stereocenters. The van der Waals surface area contributed by atoms with Crippen LogP contribution in [0.15, 0.2) is 58.2 Å². The van der Waals surface area contributed by atoms with Gasteiger partial charge in [-0.2, -0.15) is 0 Å². The first-order valence-electron chi connectivity index (χ1n) is 6.08. The molecule has 0 saturated carbocycles. The molecule has 94 valence electrons. The lowest BCUT2D eigenvalue weighted by Crippen LogP contribution is -2.09. The van der Waals surface area contributed by atoms with Gasteiger partial charge in [-0.25, -0.2) is 0 Å². The van der Waals surface area contributed by atoms with E-state index in [9.17, 15) is 4.79 Å². The molecule has 1 N–H and O–H groups in total. The summed E-state index contributed by atoms with van der Waals surface area (Å²) in [5.41, 5.74) is 3.75. The van der Waals surface area contributed by atoms with E-state index in [0.29, 0.717) is 4.90 Å². The van der Waals surface area contributed by atoms with Crippen LogP contribution in [0.3, 0.4) is 0 Å². The second kappa shape index (κ2) is 4.59. The number of nitrogens with one attached hydrogen (secondary N) is 1. The van der Waals surface area contributed by atoms with E-state index in [1.165, 1.54) is 0 Å². The molecule has 3 rings (SSSR count). The third-order valence-electron chi connectivity index (χ3n) is 3.21. The van der Waals surface area contributed by atoms with Gasteiger partial charge in [-0.05, 0) is 24.6 Å². The maximum atomic E-state index is 12.0. The van der Waals surface area contributed by atoms with Crippen LogP contribution < -0.4 is 5.56 Å². The number of aryl methyl sites for hydroxylation is 1. The number of pyridine rings is 1. The van der Waals surface area contributed by atoms with Gasteiger partial charge in [0, 0.05) is 16.5 Å². The molecule has 0 saturated heterocycles. The van der Waals surface area contributed by atoms with Gasteiger partial charge in [-0.15, -0.1) is 12.6 Å². The summed E-state index contributed by atoms with van der Waals surface area (Å²) in [4.78, 5) is 15.3. The van der Waals surface area contributed by atoms with Crippen LogP contribution in [0.2, 0.25) is 0 Å². The lowest BCUT2D eigenvalue weighted by molar-refractivity contribution is 1.20. The molecule has 0 aliphatic carbocycles. The van der Waals surface area contributed by atoms with E-state index < -0.39 is 0 Å². The Hall–Kier alpha value is -2.00. The molecule has 0 amide bonds. The summed E-state index contributed by atoms with van der Waals surface area (Å²) in [5.74, 6) is 0. The molecule has 0 radical (unpaired) electrons. The van der Waals surface area contributed by atoms with Crippen LogP contribution in [0.5, 0.6) is 0 Å². The Labute approximate surface area is 116 Å². The molecule has 0 bridgehead atoms. The Morgan fingerprint density at radius 3 is 2.53 bits per heavy atom. The van der Waals surface area contributed by atoms with E-state index in [1.807, 2.05) is 49.4 Å². The molecule has 1 heterocycles. The zero-order valence-electron chi connectivity index (χ0n) is 10.5. The van der Waals surface area contributed by atoms with Gasteiger partial charge >= 0.3 is 0 Å². The lowest BCUT2D eigenvalue weighted by atomic mass is 10.00. The van der Waals surface area contributed by atoms with E-state index in [-0.39, 0.29) is 5.56 Å². The quantitative estimate of drug-likeness (QED) is 0.646. The number of rotatable bonds is 1. The van der Waals surface area contributed by atoms with Crippen LogP contribution in [-0.2, 0) is 0 Å². The van der Waals surface area contributed by atoms with Gasteiger partial charge in [0.2, 0.25) is 0 Å². The van der Waals surface area contributed by atoms with Crippen molar-refractivity contribution in [1.82, 2.24) is 4.98 Å². The number of thiol groups is 1. The fraction of sp³-hybridized carbons (Fsp3) is 0.0625. The molecule has 0 fully saturated rings. The van der Waals surface area contributed by atoms with E-state index >= 15 is 0 Å². The Morgan fingerprint density at radius 1 is 1.05 bits per heavy atom. The van der Waals surface area contributed by atoms with Gasteiger partial charge in [0.05, 0.1) is 4.90 Å². The van der Waals surface area contributed by atoms with Crippen molar-refractivity contribution in [3.63, 3.8) is 0 Å². The Bertz CT molecular complexity index is 806. The van der Waals surface area contributed by atoms with Crippen molar-refractivity contribution in [2.24, 2.45) is 0 Å². The molecule has 2 nitrogen and oxygen atoms in total. The van der Waals surface area contributed by atoms with Gasteiger partial charge in [0.25, 0.3) is 5.56 Å². The zero-order valence-corrected chi connectivity index (χ0v) is 11.4. The average molecular weight is 267 g/mol. The minimum atomic E-state index is -0.154. The molecule has 0 atom stereocenters. The molecule has 0 aliphatic heterocycles. The predicted molar refractivity (Wildman–Crippen MR) is 82.0 cm³/mol. The monoisotopic (exact) mass is 267 g/mol. The topological polar surface area (TPSA) is 32.9 Å². The van der Waals surface area contributed by atoms with Crippen molar-refractivity contribution in [1.29, 1.82) is 0 Å². The predicted octanol–water partition coefficient (Wildman–Crippen LogP) is 3.79. The Morgan fingerprint density at radius 2 is 1.79 bits per heavy atom. The summed E-state index contributed by atoms with van der Waals surface area (Å²) in [7, 11) is 0. The summed E-state index contributed by atoms with van der Waals surface area (Å²) in [5, 5.41) is 1.02. The molecule has 3 aromatic rings. The largest absolute Gasteiger partial charge is 0.321 e. The SMILES string of the molecule is Cc1ccc2[nH]c(=O)c(S)c(-c3ccccc3)c2c1. The lowest BCUT2D eigenvalue weighted by Gasteiger charge is -2.10. The maximum Gasteiger partial charge on any atom is 0.262 e. The van der Waals surface area contributed by atoms with Crippen molar-refractivity contribution in [3.8, 4) is 11.1 Å². The number of hydrogen-bond donors (Lipinski definition) is 2. The Balaban J connectivity index is 2.48. The average Bonchev–Trinajstić information content (AvgIpc) is 2.42. The van der Waals surface area contributed by atoms with E-state index in [4.69, 9.17) is 0 Å². The maximum absolute atomic E-state index is 12.0. The molecule has 3 heteroatoms. The molecule has 19 heavy (non-hydrogen) atoms. The first-order valence-corrected chi connectivity index (χ1v) is 6.52. The summed E-state index contributed by atoms with van der Waals surface area (Å²) in [6.45, 7) is 2.04. The van der Waals surface area contributed by atoms with Gasteiger partial charge < -0.3 is 4.98 Å². The highest BCUT2D eigenvalue weighted by atomic mass is 32.1. The van der Waals surface area contributed by atoms with Crippen molar-refractivity contribution in [2.75, 3.05) is 0 Å². The summed E-state index contributed by atoms with van der Waals surface area (Å²) in [6.07, 6.45) is 0. The van der Waals surface area contributed by atoms with Crippen molar-refractivity contribution >= 4 is 23.5 Å². The standard InChI is InChI=1S/C16H13NOS/c1-10-7-8-13-12(9-10)14(15(19)16(18)17-13)11-5-3-2-4-6-11/h2-9,19H,1H3,(H,17,18). The van der Waals surface area contributed by atoms with Crippen molar-refractivity contribution in [2.45, 2.75) is 11.8 Å². The smallest absolute Gasteiger partial charge is 0.262 e. The minimum Gasteiger partial charge on any atom is -0.321 e. The van der Waals surface area contributed by atoms with Crippen LogP contribution in [0, 0.1) is 6.92 Å². The number of hydrogen-bond acceptors (Lipinski definition) is 2. The molecule has 2 aromatic carbocycles. The van der Waals surface area contributed by atoms with E-state index in [1.54, 1.807) is 0 Å². The summed E-state index contributed by atoms with van der Waals surface area (Å²) >= 11 is 4.39. The number of fused-ring (bicyclic) bond motifs is 1. The number of benzene rings is 2. The first kappa shape index (κ1) is 12.1. The second-order valence-corrected chi connectivity index (χ2v) is 5.04. The normalized spacial score (nSPS) is 10.8. The molecule has 1 aromatic heterocycles. The first-order chi connectivity index (χ1) is 9.16. The highest BCUT2D eigenvalue weighted by molar-refractivity contribution is 7.80. The number of aromatic nitrogens is 1. The molecule has 0 spiro atoms. The van der Waals surface area contributed by atoms with Crippen molar-refractivity contribution in [3.05, 3.63) is 64.4 Å². The van der Waals surface area contributed by atoms with Gasteiger partial charge in [-0.3, -0.25) is 4.79 Å². The van der Waals surface area contributed by atoms with Gasteiger partial charge in [-0.1, -0.05) is 42.0 Å². The van der Waals surface area contributed by atoms with Gasteiger partial charge in [0.1, 0.15) is 0 Å². The van der Waals surface area contributed by atoms with Crippen LogP contribution in [-0.4, -0.2) is 4.98 Å². The minimum absolute atomic E-state index is 0.154. The van der Waals surface area contributed by atoms with Gasteiger partial charge in [0.15, 0.2) is 0 Å². The summed E-state index contributed by atoms with van der Waals surface area (Å²) < 4.78 is 0. The second-order valence-electron chi connectivity index (χ2n) is 4.59. The molecular formula is C16H13NOS. The van der Waals surface area contributed by atoms with Crippen LogP contribution in [0.1, 0.15) is 5.56 Å². The van der Waals surface area contributed by atoms with E-state index in [2.05, 4.69) is 23.7 Å². The number of H-pyrrole nitrogens is 1. The fourth-order valence-corrected chi connectivity index (χ4v) is 2.60. The van der Waals surface area contributed by atoms with E-state index in [0.717, 1.165) is 27.6 Å². The number of aromatic amines is 1. The Kier molecular flexibility index (Phi) is 2.91. The van der Waals surface area contributed by atoms with Crippen LogP contribution >= 0.6 is 12.6 Å². The summed E-state index contributed by atoms with van der Waals surface area (Å²) in [6, 6.07) is 15.9. The van der Waals surface area contributed by atoms with Crippen LogP contribution in [0.25, 0.3) is 22.0 Å². The zero-order chi connectivity index (χ0) is 13.4. The third kappa shape index (κ3) is 2.06. The highest BCUT2D eigenvalue weighted by Crippen LogP contribution is 2.31. The fourth-order valence-electron chi connectivity index (χ4n) is 2.29.